The second-order valence-corrected chi connectivity index (χ2v) is 6.92. The summed E-state index contributed by atoms with van der Waals surface area (Å²) in [6.07, 6.45) is 0. The summed E-state index contributed by atoms with van der Waals surface area (Å²) in [4.78, 5) is 10.8. The summed E-state index contributed by atoms with van der Waals surface area (Å²) in [5, 5.41) is 12.3. The second kappa shape index (κ2) is 7.07. The molecular formula is C18H20BrNO2. The average molecular weight is 362 g/mol. The Kier molecular flexibility index (Phi) is 5.37. The minimum absolute atomic E-state index is 0.0186. The molecule has 0 aliphatic carbocycles. The summed E-state index contributed by atoms with van der Waals surface area (Å²) >= 11 is 3.51. The van der Waals surface area contributed by atoms with Gasteiger partial charge in [-0.25, -0.2) is 4.79 Å². The van der Waals surface area contributed by atoms with Crippen molar-refractivity contribution in [1.82, 2.24) is 5.32 Å². The minimum atomic E-state index is -0.893. The van der Waals surface area contributed by atoms with Crippen LogP contribution in [0.25, 0.3) is 0 Å². The van der Waals surface area contributed by atoms with Crippen molar-refractivity contribution < 1.29 is 9.90 Å². The average Bonchev–Trinajstić information content (AvgIpc) is 2.47. The summed E-state index contributed by atoms with van der Waals surface area (Å²) in [5.41, 5.74) is 2.69. The molecule has 2 N–H and O–H groups in total. The molecule has 0 saturated heterocycles. The Balaban J connectivity index is 1.93. The lowest BCUT2D eigenvalue weighted by molar-refractivity contribution is 0.0697. The van der Waals surface area contributed by atoms with Crippen molar-refractivity contribution in [2.24, 2.45) is 0 Å². The molecule has 2 aromatic carbocycles. The van der Waals surface area contributed by atoms with Gasteiger partial charge in [0, 0.05) is 23.0 Å². The molecule has 4 heteroatoms. The molecule has 22 heavy (non-hydrogen) atoms. The summed E-state index contributed by atoms with van der Waals surface area (Å²) in [7, 11) is 0. The predicted molar refractivity (Wildman–Crippen MR) is 92.3 cm³/mol. The van der Waals surface area contributed by atoms with E-state index in [2.05, 4.69) is 47.2 Å². The van der Waals surface area contributed by atoms with Gasteiger partial charge in [-0.3, -0.25) is 0 Å². The van der Waals surface area contributed by atoms with Crippen molar-refractivity contribution in [3.05, 3.63) is 69.7 Å². The molecule has 0 aliphatic rings. The standard InChI is InChI=1S/C18H20BrNO2/c1-18(2,15-4-3-5-16(19)10-15)12-20-11-13-6-8-14(9-7-13)17(21)22/h3-10,20H,11-12H2,1-2H3,(H,21,22). The fourth-order valence-electron chi connectivity index (χ4n) is 2.30. The van der Waals surface area contributed by atoms with E-state index < -0.39 is 5.97 Å². The van der Waals surface area contributed by atoms with Gasteiger partial charge in [-0.05, 0) is 35.4 Å². The van der Waals surface area contributed by atoms with Crippen LogP contribution in [-0.4, -0.2) is 17.6 Å². The van der Waals surface area contributed by atoms with Crippen LogP contribution >= 0.6 is 15.9 Å². The van der Waals surface area contributed by atoms with E-state index in [9.17, 15) is 4.79 Å². The molecule has 0 saturated carbocycles. The zero-order chi connectivity index (χ0) is 16.2. The van der Waals surface area contributed by atoms with Crippen LogP contribution < -0.4 is 5.32 Å². The zero-order valence-corrected chi connectivity index (χ0v) is 14.4. The third-order valence-corrected chi connectivity index (χ3v) is 4.20. The highest BCUT2D eigenvalue weighted by molar-refractivity contribution is 9.10. The number of aromatic carboxylic acids is 1. The van der Waals surface area contributed by atoms with Crippen molar-refractivity contribution in [3.8, 4) is 0 Å². The second-order valence-electron chi connectivity index (χ2n) is 6.00. The SMILES string of the molecule is CC(C)(CNCc1ccc(C(=O)O)cc1)c1cccc(Br)c1. The van der Waals surface area contributed by atoms with E-state index in [1.807, 2.05) is 24.3 Å². The van der Waals surface area contributed by atoms with Crippen molar-refractivity contribution in [2.75, 3.05) is 6.54 Å². The molecule has 0 aliphatic heterocycles. The number of benzene rings is 2. The maximum absolute atomic E-state index is 10.8. The summed E-state index contributed by atoms with van der Waals surface area (Å²) < 4.78 is 1.09. The van der Waals surface area contributed by atoms with E-state index in [-0.39, 0.29) is 5.41 Å². The Morgan fingerprint density at radius 2 is 1.86 bits per heavy atom. The van der Waals surface area contributed by atoms with Crippen LogP contribution in [0.4, 0.5) is 0 Å². The smallest absolute Gasteiger partial charge is 0.335 e. The molecule has 0 radical (unpaired) electrons. The first-order valence-corrected chi connectivity index (χ1v) is 7.97. The highest BCUT2D eigenvalue weighted by Gasteiger charge is 2.20. The van der Waals surface area contributed by atoms with Gasteiger partial charge < -0.3 is 10.4 Å². The van der Waals surface area contributed by atoms with Gasteiger partial charge in [0.05, 0.1) is 5.56 Å². The van der Waals surface area contributed by atoms with E-state index in [4.69, 9.17) is 5.11 Å². The van der Waals surface area contributed by atoms with Gasteiger partial charge in [-0.2, -0.15) is 0 Å². The van der Waals surface area contributed by atoms with Crippen molar-refractivity contribution in [2.45, 2.75) is 25.8 Å². The predicted octanol–water partition coefficient (Wildman–Crippen LogP) is 4.21. The zero-order valence-electron chi connectivity index (χ0n) is 12.8. The van der Waals surface area contributed by atoms with Gasteiger partial charge >= 0.3 is 5.97 Å². The monoisotopic (exact) mass is 361 g/mol. The van der Waals surface area contributed by atoms with Gasteiger partial charge in [0.1, 0.15) is 0 Å². The molecule has 0 heterocycles. The van der Waals surface area contributed by atoms with Crippen LogP contribution in [0.1, 0.15) is 35.3 Å². The fourth-order valence-corrected chi connectivity index (χ4v) is 2.70. The third-order valence-electron chi connectivity index (χ3n) is 3.70. The molecule has 0 fully saturated rings. The molecule has 0 aromatic heterocycles. The van der Waals surface area contributed by atoms with Crippen LogP contribution in [0.2, 0.25) is 0 Å². The molecule has 0 unspecified atom stereocenters. The summed E-state index contributed by atoms with van der Waals surface area (Å²) in [6, 6.07) is 15.3. The lowest BCUT2D eigenvalue weighted by Gasteiger charge is -2.26. The quantitative estimate of drug-likeness (QED) is 0.809. The molecule has 0 amide bonds. The lowest BCUT2D eigenvalue weighted by atomic mass is 9.84. The maximum atomic E-state index is 10.8. The van der Waals surface area contributed by atoms with E-state index >= 15 is 0 Å². The van der Waals surface area contributed by atoms with Gasteiger partial charge in [-0.1, -0.05) is 54.0 Å². The Morgan fingerprint density at radius 1 is 1.18 bits per heavy atom. The highest BCUT2D eigenvalue weighted by Crippen LogP contribution is 2.25. The van der Waals surface area contributed by atoms with Crippen LogP contribution in [-0.2, 0) is 12.0 Å². The number of carboxylic acid groups (broad SMARTS) is 1. The number of hydrogen-bond donors (Lipinski definition) is 2. The topological polar surface area (TPSA) is 49.3 Å². The Hall–Kier alpha value is -1.65. The fraction of sp³-hybridized carbons (Fsp3) is 0.278. The third kappa shape index (κ3) is 4.42. The van der Waals surface area contributed by atoms with E-state index in [0.717, 1.165) is 23.1 Å². The Bertz CT molecular complexity index is 650. The number of carboxylic acids is 1. The molecule has 3 nitrogen and oxygen atoms in total. The van der Waals surface area contributed by atoms with Gasteiger partial charge in [0.2, 0.25) is 0 Å². The van der Waals surface area contributed by atoms with E-state index in [1.165, 1.54) is 5.56 Å². The van der Waals surface area contributed by atoms with Crippen LogP contribution in [0.15, 0.2) is 53.0 Å². The molecular weight excluding hydrogens is 342 g/mol. The summed E-state index contributed by atoms with van der Waals surface area (Å²) in [5.74, 6) is -0.893. The first-order valence-electron chi connectivity index (χ1n) is 7.17. The molecule has 0 spiro atoms. The number of hydrogen-bond acceptors (Lipinski definition) is 2. The summed E-state index contributed by atoms with van der Waals surface area (Å²) in [6.45, 7) is 5.96. The molecule has 0 atom stereocenters. The van der Waals surface area contributed by atoms with Crippen molar-refractivity contribution >= 4 is 21.9 Å². The maximum Gasteiger partial charge on any atom is 0.335 e. The molecule has 2 aromatic rings. The number of carbonyl (C=O) groups is 1. The van der Waals surface area contributed by atoms with E-state index in [0.29, 0.717) is 5.56 Å². The van der Waals surface area contributed by atoms with Crippen molar-refractivity contribution in [3.63, 3.8) is 0 Å². The first kappa shape index (κ1) is 16.7. The Morgan fingerprint density at radius 3 is 2.45 bits per heavy atom. The van der Waals surface area contributed by atoms with Crippen LogP contribution in [0.5, 0.6) is 0 Å². The molecule has 0 bridgehead atoms. The number of rotatable bonds is 6. The molecule has 2 rings (SSSR count). The van der Waals surface area contributed by atoms with Gasteiger partial charge in [0.15, 0.2) is 0 Å². The Labute approximate surface area is 139 Å². The number of nitrogens with one attached hydrogen (secondary N) is 1. The number of halogens is 1. The van der Waals surface area contributed by atoms with Crippen LogP contribution in [0, 0.1) is 0 Å². The highest BCUT2D eigenvalue weighted by atomic mass is 79.9. The van der Waals surface area contributed by atoms with Crippen LogP contribution in [0.3, 0.4) is 0 Å². The molecule has 116 valence electrons. The minimum Gasteiger partial charge on any atom is -0.478 e. The lowest BCUT2D eigenvalue weighted by Crippen LogP contribution is -2.32. The van der Waals surface area contributed by atoms with Crippen molar-refractivity contribution in [1.29, 1.82) is 0 Å². The largest absolute Gasteiger partial charge is 0.478 e. The normalized spacial score (nSPS) is 11.4. The van der Waals surface area contributed by atoms with Gasteiger partial charge in [-0.15, -0.1) is 0 Å². The van der Waals surface area contributed by atoms with E-state index in [1.54, 1.807) is 12.1 Å². The first-order chi connectivity index (χ1) is 10.4. The van der Waals surface area contributed by atoms with Gasteiger partial charge in [0.25, 0.3) is 0 Å².